The largest absolute Gasteiger partial charge is 0.479 e. The molecule has 2 aliphatic rings. The lowest BCUT2D eigenvalue weighted by atomic mass is 10.2. The van der Waals surface area contributed by atoms with Crippen LogP contribution >= 0.6 is 56.9 Å². The third-order valence-electron chi connectivity index (χ3n) is 4.45. The van der Waals surface area contributed by atoms with Gasteiger partial charge < -0.3 is 19.5 Å². The van der Waals surface area contributed by atoms with E-state index in [9.17, 15) is 14.4 Å². The van der Waals surface area contributed by atoms with Crippen molar-refractivity contribution in [2.45, 2.75) is 0 Å². The minimum Gasteiger partial charge on any atom is -0.479 e. The van der Waals surface area contributed by atoms with Gasteiger partial charge in [-0.15, -0.1) is 6.42 Å². The standard InChI is InChI=1S/C22H14I2N2O6S/c1-2-5-30-20-14(23)6-12(7-15(20)24)8-18-21(28)26(22(29)33-18)10-19(27)25-13-3-4-16-17(9-13)32-11-31-16/h1,3-4,6-9H,5,10-11H2,(H,25,27)/b18-8-. The summed E-state index contributed by atoms with van der Waals surface area (Å²) in [5, 5.41) is 2.15. The molecule has 0 aromatic heterocycles. The summed E-state index contributed by atoms with van der Waals surface area (Å²) in [6, 6.07) is 8.60. The molecule has 11 heteroatoms. The average Bonchev–Trinajstić information content (AvgIpc) is 3.33. The fourth-order valence-electron chi connectivity index (χ4n) is 3.02. The van der Waals surface area contributed by atoms with Crippen LogP contribution in [-0.2, 0) is 9.59 Å². The van der Waals surface area contributed by atoms with Crippen LogP contribution in [0.1, 0.15) is 5.56 Å². The van der Waals surface area contributed by atoms with Gasteiger partial charge in [-0.1, -0.05) is 5.92 Å². The Bertz CT molecular complexity index is 1220. The molecule has 33 heavy (non-hydrogen) atoms. The number of imide groups is 1. The number of nitrogens with zero attached hydrogens (tertiary/aromatic N) is 1. The number of nitrogens with one attached hydrogen (secondary N) is 1. The van der Waals surface area contributed by atoms with Crippen LogP contribution in [0.4, 0.5) is 10.5 Å². The first kappa shape index (κ1) is 23.7. The highest BCUT2D eigenvalue weighted by atomic mass is 127. The molecule has 8 nitrogen and oxygen atoms in total. The second kappa shape index (κ2) is 10.2. The lowest BCUT2D eigenvalue weighted by Crippen LogP contribution is -2.36. The molecular formula is C22H14I2N2O6S. The normalized spacial score (nSPS) is 15.7. The lowest BCUT2D eigenvalue weighted by Gasteiger charge is -2.12. The first-order valence-electron chi connectivity index (χ1n) is 9.36. The Morgan fingerprint density at radius 1 is 1.21 bits per heavy atom. The van der Waals surface area contributed by atoms with E-state index in [0.717, 1.165) is 29.4 Å². The van der Waals surface area contributed by atoms with E-state index in [-0.39, 0.29) is 18.3 Å². The Kier molecular flexibility index (Phi) is 7.35. The van der Waals surface area contributed by atoms with Crippen LogP contribution in [0.2, 0.25) is 0 Å². The molecule has 0 spiro atoms. The summed E-state index contributed by atoms with van der Waals surface area (Å²) in [4.78, 5) is 38.8. The van der Waals surface area contributed by atoms with Crippen LogP contribution in [0.25, 0.3) is 6.08 Å². The Hall–Kier alpha value is -2.44. The molecule has 1 fully saturated rings. The van der Waals surface area contributed by atoms with Gasteiger partial charge in [0.2, 0.25) is 12.7 Å². The van der Waals surface area contributed by atoms with Crippen molar-refractivity contribution < 1.29 is 28.6 Å². The molecule has 1 saturated heterocycles. The summed E-state index contributed by atoms with van der Waals surface area (Å²) in [5.74, 6) is 3.17. The van der Waals surface area contributed by atoms with Crippen LogP contribution in [0.3, 0.4) is 0 Å². The summed E-state index contributed by atoms with van der Waals surface area (Å²) in [5.41, 5.74) is 1.20. The van der Waals surface area contributed by atoms with E-state index in [0.29, 0.717) is 22.9 Å². The summed E-state index contributed by atoms with van der Waals surface area (Å²) in [6.45, 7) is -0.127. The zero-order chi connectivity index (χ0) is 23.5. The predicted octanol–water partition coefficient (Wildman–Crippen LogP) is 4.31. The molecule has 1 N–H and O–H groups in total. The molecular weight excluding hydrogens is 674 g/mol. The van der Waals surface area contributed by atoms with Gasteiger partial charge in [-0.05, 0) is 92.8 Å². The van der Waals surface area contributed by atoms with E-state index in [1.165, 1.54) is 0 Å². The molecule has 0 unspecified atom stereocenters. The molecule has 2 aromatic rings. The van der Waals surface area contributed by atoms with Crippen molar-refractivity contribution in [3.05, 3.63) is 47.9 Å². The fourth-order valence-corrected chi connectivity index (χ4v) is 5.99. The highest BCUT2D eigenvalue weighted by Crippen LogP contribution is 2.36. The second-order valence-electron chi connectivity index (χ2n) is 6.69. The van der Waals surface area contributed by atoms with E-state index in [1.54, 1.807) is 24.3 Å². The van der Waals surface area contributed by atoms with Crippen molar-refractivity contribution in [1.29, 1.82) is 0 Å². The van der Waals surface area contributed by atoms with Crippen LogP contribution in [0.5, 0.6) is 17.2 Å². The number of rotatable bonds is 6. The minimum absolute atomic E-state index is 0.120. The van der Waals surface area contributed by atoms with Gasteiger partial charge in [0.25, 0.3) is 11.1 Å². The minimum atomic E-state index is -0.525. The predicted molar refractivity (Wildman–Crippen MR) is 140 cm³/mol. The molecule has 0 saturated carbocycles. The van der Waals surface area contributed by atoms with Gasteiger partial charge in [0.15, 0.2) is 11.5 Å². The van der Waals surface area contributed by atoms with Gasteiger partial charge in [-0.3, -0.25) is 19.3 Å². The number of amides is 3. The fraction of sp³-hybridized carbons (Fsp3) is 0.136. The molecule has 168 valence electrons. The van der Waals surface area contributed by atoms with Crippen LogP contribution < -0.4 is 19.5 Å². The van der Waals surface area contributed by atoms with Gasteiger partial charge in [0.1, 0.15) is 18.9 Å². The van der Waals surface area contributed by atoms with Crippen molar-refractivity contribution in [3.8, 4) is 29.6 Å². The topological polar surface area (TPSA) is 94.2 Å². The number of halogens is 2. The van der Waals surface area contributed by atoms with Crippen molar-refractivity contribution in [1.82, 2.24) is 4.90 Å². The zero-order valence-electron chi connectivity index (χ0n) is 16.7. The number of ether oxygens (including phenoxy) is 3. The highest BCUT2D eigenvalue weighted by Gasteiger charge is 2.36. The Labute approximate surface area is 220 Å². The van der Waals surface area contributed by atoms with Crippen LogP contribution in [0, 0.1) is 19.5 Å². The molecule has 0 atom stereocenters. The number of hydrogen-bond donors (Lipinski definition) is 1. The summed E-state index contributed by atoms with van der Waals surface area (Å²) in [6.07, 6.45) is 6.87. The van der Waals surface area contributed by atoms with Gasteiger partial charge in [0.05, 0.1) is 12.0 Å². The summed E-state index contributed by atoms with van der Waals surface area (Å²) < 4.78 is 17.7. The van der Waals surface area contributed by atoms with E-state index >= 15 is 0 Å². The third-order valence-corrected chi connectivity index (χ3v) is 6.96. The highest BCUT2D eigenvalue weighted by molar-refractivity contribution is 14.1. The zero-order valence-corrected chi connectivity index (χ0v) is 21.9. The second-order valence-corrected chi connectivity index (χ2v) is 10.0. The molecule has 0 bridgehead atoms. The maximum absolute atomic E-state index is 12.8. The van der Waals surface area contributed by atoms with E-state index in [1.807, 2.05) is 12.1 Å². The molecule has 0 aliphatic carbocycles. The Morgan fingerprint density at radius 2 is 1.94 bits per heavy atom. The van der Waals surface area contributed by atoms with E-state index in [2.05, 4.69) is 56.4 Å². The molecule has 3 amide bonds. The molecule has 4 rings (SSSR count). The molecule has 2 aliphatic heterocycles. The first-order chi connectivity index (χ1) is 15.9. The smallest absolute Gasteiger partial charge is 0.294 e. The van der Waals surface area contributed by atoms with Gasteiger partial charge in [-0.25, -0.2) is 0 Å². The number of benzene rings is 2. The van der Waals surface area contributed by atoms with Crippen LogP contribution in [0.15, 0.2) is 35.2 Å². The number of carbonyl (C=O) groups excluding carboxylic acids is 3. The quantitative estimate of drug-likeness (QED) is 0.275. The maximum Gasteiger partial charge on any atom is 0.294 e. The average molecular weight is 688 g/mol. The number of terminal acetylenes is 1. The van der Waals surface area contributed by atoms with Gasteiger partial charge in [0, 0.05) is 11.8 Å². The lowest BCUT2D eigenvalue weighted by molar-refractivity contribution is -0.127. The van der Waals surface area contributed by atoms with E-state index < -0.39 is 23.6 Å². The number of fused-ring (bicyclic) bond motifs is 1. The number of anilines is 1. The van der Waals surface area contributed by atoms with Crippen LogP contribution in [-0.4, -0.2) is 41.9 Å². The number of hydrogen-bond acceptors (Lipinski definition) is 7. The Morgan fingerprint density at radius 3 is 2.67 bits per heavy atom. The SMILES string of the molecule is C#CCOc1c(I)cc(/C=C2\SC(=O)N(CC(=O)Nc3ccc4c(c3)OCO4)C2=O)cc1I. The summed E-state index contributed by atoms with van der Waals surface area (Å²) >= 11 is 5.03. The van der Waals surface area contributed by atoms with E-state index in [4.69, 9.17) is 20.6 Å². The first-order valence-corrected chi connectivity index (χ1v) is 12.3. The molecule has 2 aromatic carbocycles. The van der Waals surface area contributed by atoms with Crippen molar-refractivity contribution >= 4 is 85.8 Å². The monoisotopic (exact) mass is 688 g/mol. The number of thioether (sulfide) groups is 1. The number of carbonyl (C=O) groups is 3. The summed E-state index contributed by atoms with van der Waals surface area (Å²) in [7, 11) is 0. The molecule has 0 radical (unpaired) electrons. The third kappa shape index (κ3) is 5.39. The maximum atomic E-state index is 12.8. The van der Waals surface area contributed by atoms with Crippen molar-refractivity contribution in [2.24, 2.45) is 0 Å². The van der Waals surface area contributed by atoms with Crippen molar-refractivity contribution in [2.75, 3.05) is 25.3 Å². The van der Waals surface area contributed by atoms with Crippen molar-refractivity contribution in [3.63, 3.8) is 0 Å². The van der Waals surface area contributed by atoms with Gasteiger partial charge >= 0.3 is 0 Å². The van der Waals surface area contributed by atoms with Gasteiger partial charge in [-0.2, -0.15) is 0 Å². The molecule has 2 heterocycles. The Balaban J connectivity index is 1.44.